The summed E-state index contributed by atoms with van der Waals surface area (Å²) in [5, 5.41) is 2.65. The topological polar surface area (TPSA) is 38.3 Å². The van der Waals surface area contributed by atoms with Crippen LogP contribution in [0.25, 0.3) is 0 Å². The molecular weight excluding hydrogens is 415 g/mol. The smallest absolute Gasteiger partial charge is 0.387 e. The predicted molar refractivity (Wildman–Crippen MR) is 85.2 cm³/mol. The zero-order valence-electron chi connectivity index (χ0n) is 10.4. The van der Waals surface area contributed by atoms with E-state index in [-0.39, 0.29) is 16.7 Å². The van der Waals surface area contributed by atoms with Crippen molar-refractivity contribution in [2.24, 2.45) is 0 Å². The van der Waals surface area contributed by atoms with Crippen molar-refractivity contribution in [3.63, 3.8) is 0 Å². The van der Waals surface area contributed by atoms with E-state index in [4.69, 9.17) is 11.6 Å². The molecule has 0 heterocycles. The van der Waals surface area contributed by atoms with Crippen LogP contribution in [0.15, 0.2) is 42.5 Å². The van der Waals surface area contributed by atoms with E-state index in [9.17, 15) is 13.6 Å². The third-order valence-corrected chi connectivity index (χ3v) is 3.76. The van der Waals surface area contributed by atoms with Gasteiger partial charge in [0.25, 0.3) is 5.91 Å². The second kappa shape index (κ2) is 7.04. The number of amides is 1. The van der Waals surface area contributed by atoms with Gasteiger partial charge in [-0.25, -0.2) is 0 Å². The molecule has 0 bridgehead atoms. The summed E-state index contributed by atoms with van der Waals surface area (Å²) in [6.07, 6.45) is 0. The van der Waals surface area contributed by atoms with Gasteiger partial charge >= 0.3 is 6.61 Å². The molecule has 2 aromatic carbocycles. The maximum absolute atomic E-state index is 12.1. The second-order valence-electron chi connectivity index (χ2n) is 3.96. The molecule has 0 saturated heterocycles. The molecule has 0 radical (unpaired) electrons. The van der Waals surface area contributed by atoms with Gasteiger partial charge in [0.2, 0.25) is 0 Å². The lowest BCUT2D eigenvalue weighted by Gasteiger charge is -2.10. The van der Waals surface area contributed by atoms with Crippen molar-refractivity contribution in [3.8, 4) is 5.75 Å². The van der Waals surface area contributed by atoms with Gasteiger partial charge in [0.15, 0.2) is 0 Å². The summed E-state index contributed by atoms with van der Waals surface area (Å²) in [7, 11) is 0. The van der Waals surface area contributed by atoms with E-state index in [0.29, 0.717) is 11.3 Å². The molecule has 0 saturated carbocycles. The van der Waals surface area contributed by atoms with E-state index < -0.39 is 6.61 Å². The number of anilines is 1. The predicted octanol–water partition coefficient (Wildman–Crippen LogP) is 4.80. The first-order valence-corrected chi connectivity index (χ1v) is 7.23. The Balaban J connectivity index is 2.15. The zero-order chi connectivity index (χ0) is 15.4. The second-order valence-corrected chi connectivity index (χ2v) is 5.53. The van der Waals surface area contributed by atoms with Gasteiger partial charge in [0.1, 0.15) is 5.75 Å². The van der Waals surface area contributed by atoms with Crippen molar-refractivity contribution in [2.45, 2.75) is 6.61 Å². The molecule has 0 unspecified atom stereocenters. The average molecular weight is 424 g/mol. The molecule has 1 amide bonds. The minimum atomic E-state index is -2.95. The molecule has 0 spiro atoms. The number of halogens is 4. The van der Waals surface area contributed by atoms with Crippen LogP contribution in [0.4, 0.5) is 14.5 Å². The maximum Gasteiger partial charge on any atom is 0.387 e. The van der Waals surface area contributed by atoms with Crippen LogP contribution in [-0.4, -0.2) is 12.5 Å². The number of rotatable bonds is 4. The highest BCUT2D eigenvalue weighted by Gasteiger charge is 2.12. The minimum Gasteiger partial charge on any atom is -0.433 e. The first-order chi connectivity index (χ1) is 9.97. The average Bonchev–Trinajstić information content (AvgIpc) is 2.42. The Labute approximate surface area is 138 Å². The van der Waals surface area contributed by atoms with Gasteiger partial charge < -0.3 is 10.1 Å². The van der Waals surface area contributed by atoms with Gasteiger partial charge in [-0.1, -0.05) is 23.7 Å². The number of carbonyl (C=O) groups excluding carboxylic acids is 1. The lowest BCUT2D eigenvalue weighted by molar-refractivity contribution is -0.0497. The van der Waals surface area contributed by atoms with E-state index >= 15 is 0 Å². The van der Waals surface area contributed by atoms with Crippen molar-refractivity contribution in [1.29, 1.82) is 0 Å². The molecule has 3 nitrogen and oxygen atoms in total. The Morgan fingerprint density at radius 2 is 1.95 bits per heavy atom. The SMILES string of the molecule is O=C(Nc1ccc(OC(F)F)c(Cl)c1)c1ccccc1I. The van der Waals surface area contributed by atoms with Gasteiger partial charge in [-0.3, -0.25) is 4.79 Å². The summed E-state index contributed by atoms with van der Waals surface area (Å²) < 4.78 is 29.3. The molecule has 0 aliphatic rings. The van der Waals surface area contributed by atoms with E-state index in [0.717, 1.165) is 3.57 Å². The van der Waals surface area contributed by atoms with E-state index in [1.807, 2.05) is 12.1 Å². The monoisotopic (exact) mass is 423 g/mol. The van der Waals surface area contributed by atoms with Gasteiger partial charge in [-0.15, -0.1) is 0 Å². The van der Waals surface area contributed by atoms with Gasteiger partial charge in [0.05, 0.1) is 10.6 Å². The van der Waals surface area contributed by atoms with Crippen LogP contribution in [0.1, 0.15) is 10.4 Å². The molecule has 7 heteroatoms. The van der Waals surface area contributed by atoms with Crippen LogP contribution in [0.2, 0.25) is 5.02 Å². The Morgan fingerprint density at radius 3 is 2.57 bits per heavy atom. The molecule has 0 aliphatic heterocycles. The van der Waals surface area contributed by atoms with Crippen LogP contribution in [0, 0.1) is 3.57 Å². The molecule has 0 aliphatic carbocycles. The number of carbonyl (C=O) groups is 1. The Hall–Kier alpha value is -1.41. The maximum atomic E-state index is 12.1. The highest BCUT2D eigenvalue weighted by molar-refractivity contribution is 14.1. The van der Waals surface area contributed by atoms with Crippen molar-refractivity contribution in [3.05, 3.63) is 56.6 Å². The Kier molecular flexibility index (Phi) is 5.35. The highest BCUT2D eigenvalue weighted by atomic mass is 127. The van der Waals surface area contributed by atoms with Crippen LogP contribution in [0.5, 0.6) is 5.75 Å². The first kappa shape index (κ1) is 16.0. The minimum absolute atomic E-state index is 0.00383. The van der Waals surface area contributed by atoms with Crippen LogP contribution in [-0.2, 0) is 0 Å². The fourth-order valence-electron chi connectivity index (χ4n) is 1.61. The first-order valence-electron chi connectivity index (χ1n) is 5.77. The van der Waals surface area contributed by atoms with Crippen LogP contribution >= 0.6 is 34.2 Å². The standard InChI is InChI=1S/C14H9ClF2INO2/c15-10-7-8(5-6-12(10)21-14(16)17)19-13(20)9-3-1-2-4-11(9)18/h1-7,14H,(H,19,20). The van der Waals surface area contributed by atoms with Crippen LogP contribution in [0.3, 0.4) is 0 Å². The van der Waals surface area contributed by atoms with Crippen molar-refractivity contribution >= 4 is 45.8 Å². The number of nitrogens with one attached hydrogen (secondary N) is 1. The molecule has 1 N–H and O–H groups in total. The molecule has 21 heavy (non-hydrogen) atoms. The van der Waals surface area contributed by atoms with E-state index in [2.05, 4.69) is 32.6 Å². The number of hydrogen-bond donors (Lipinski definition) is 1. The number of ether oxygens (including phenoxy) is 1. The van der Waals surface area contributed by atoms with Crippen molar-refractivity contribution in [1.82, 2.24) is 0 Å². The largest absolute Gasteiger partial charge is 0.433 e. The lowest BCUT2D eigenvalue weighted by Crippen LogP contribution is -2.13. The molecular formula is C14H9ClF2INO2. The van der Waals surface area contributed by atoms with Crippen molar-refractivity contribution < 1.29 is 18.3 Å². The third-order valence-electron chi connectivity index (χ3n) is 2.52. The molecule has 2 rings (SSSR count). The summed E-state index contributed by atoms with van der Waals surface area (Å²) in [5.41, 5.74) is 0.911. The Morgan fingerprint density at radius 1 is 1.24 bits per heavy atom. The van der Waals surface area contributed by atoms with Gasteiger partial charge in [0, 0.05) is 9.26 Å². The summed E-state index contributed by atoms with van der Waals surface area (Å²) in [6, 6.07) is 11.1. The van der Waals surface area contributed by atoms with Crippen LogP contribution < -0.4 is 10.1 Å². The number of hydrogen-bond acceptors (Lipinski definition) is 2. The number of benzene rings is 2. The van der Waals surface area contributed by atoms with Gasteiger partial charge in [-0.2, -0.15) is 8.78 Å². The van der Waals surface area contributed by atoms with Gasteiger partial charge in [-0.05, 0) is 52.9 Å². The fraction of sp³-hybridized carbons (Fsp3) is 0.0714. The lowest BCUT2D eigenvalue weighted by atomic mass is 10.2. The highest BCUT2D eigenvalue weighted by Crippen LogP contribution is 2.29. The Bertz CT molecular complexity index is 667. The molecule has 0 fully saturated rings. The molecule has 0 atom stereocenters. The molecule has 2 aromatic rings. The summed E-state index contributed by atoms with van der Waals surface area (Å²) in [6.45, 7) is -2.95. The molecule has 110 valence electrons. The normalized spacial score (nSPS) is 10.5. The van der Waals surface area contributed by atoms with Crippen molar-refractivity contribution in [2.75, 3.05) is 5.32 Å². The zero-order valence-corrected chi connectivity index (χ0v) is 13.4. The summed E-state index contributed by atoms with van der Waals surface area (Å²) in [4.78, 5) is 12.1. The van der Waals surface area contributed by atoms with E-state index in [1.165, 1.54) is 18.2 Å². The third kappa shape index (κ3) is 4.28. The quantitative estimate of drug-likeness (QED) is 0.718. The van der Waals surface area contributed by atoms with E-state index in [1.54, 1.807) is 12.1 Å². The molecule has 0 aromatic heterocycles. The summed E-state index contributed by atoms with van der Waals surface area (Å²) in [5.74, 6) is -0.447. The summed E-state index contributed by atoms with van der Waals surface area (Å²) >= 11 is 7.88. The number of alkyl halides is 2. The fourth-order valence-corrected chi connectivity index (χ4v) is 2.47.